The summed E-state index contributed by atoms with van der Waals surface area (Å²) in [5.41, 5.74) is 0.854. The van der Waals surface area contributed by atoms with Crippen molar-refractivity contribution in [2.24, 2.45) is 0 Å². The molecular formula is C20H29FN4O3. The van der Waals surface area contributed by atoms with Crippen LogP contribution in [-0.4, -0.2) is 87.2 Å². The first-order valence-corrected chi connectivity index (χ1v) is 9.93. The number of amides is 2. The van der Waals surface area contributed by atoms with E-state index in [1.807, 2.05) is 4.90 Å². The molecule has 0 aromatic heterocycles. The number of benzene rings is 1. The SMILES string of the molecule is CC(=O)c1ccc(N2CCN(C(=O)NCCCN3CCOCC3)CC2)c(F)c1. The Morgan fingerprint density at radius 2 is 1.82 bits per heavy atom. The molecule has 0 bridgehead atoms. The summed E-state index contributed by atoms with van der Waals surface area (Å²) in [5, 5.41) is 2.98. The van der Waals surface area contributed by atoms with E-state index in [2.05, 4.69) is 10.2 Å². The van der Waals surface area contributed by atoms with Gasteiger partial charge >= 0.3 is 6.03 Å². The topological polar surface area (TPSA) is 65.1 Å². The molecule has 0 radical (unpaired) electrons. The first-order valence-electron chi connectivity index (χ1n) is 9.93. The van der Waals surface area contributed by atoms with Gasteiger partial charge in [0, 0.05) is 51.4 Å². The molecule has 1 aromatic carbocycles. The van der Waals surface area contributed by atoms with Crippen molar-refractivity contribution in [3.05, 3.63) is 29.6 Å². The van der Waals surface area contributed by atoms with Gasteiger partial charge in [-0.3, -0.25) is 9.69 Å². The van der Waals surface area contributed by atoms with E-state index in [0.717, 1.165) is 39.3 Å². The highest BCUT2D eigenvalue weighted by atomic mass is 19.1. The predicted octanol–water partition coefficient (Wildman–Crippen LogP) is 1.58. The Hall–Kier alpha value is -2.19. The molecule has 154 valence electrons. The van der Waals surface area contributed by atoms with Crippen LogP contribution in [0, 0.1) is 5.82 Å². The average Bonchev–Trinajstić information content (AvgIpc) is 2.72. The highest BCUT2D eigenvalue weighted by Crippen LogP contribution is 2.22. The largest absolute Gasteiger partial charge is 0.379 e. The molecule has 7 nitrogen and oxygen atoms in total. The fourth-order valence-electron chi connectivity index (χ4n) is 3.57. The minimum Gasteiger partial charge on any atom is -0.379 e. The van der Waals surface area contributed by atoms with E-state index in [-0.39, 0.29) is 11.8 Å². The van der Waals surface area contributed by atoms with Crippen molar-refractivity contribution in [2.45, 2.75) is 13.3 Å². The Kier molecular flexibility index (Phi) is 7.22. The van der Waals surface area contributed by atoms with Crippen molar-refractivity contribution in [1.82, 2.24) is 15.1 Å². The molecule has 2 amide bonds. The fraction of sp³-hybridized carbons (Fsp3) is 0.600. The first-order chi connectivity index (χ1) is 13.5. The minimum atomic E-state index is -0.395. The zero-order valence-electron chi connectivity index (χ0n) is 16.5. The molecule has 0 atom stereocenters. The summed E-state index contributed by atoms with van der Waals surface area (Å²) in [6, 6.07) is 4.52. The molecule has 2 heterocycles. The van der Waals surface area contributed by atoms with Gasteiger partial charge in [-0.1, -0.05) is 0 Å². The number of Topliss-reactive ketones (excluding diaryl/α,β-unsaturated/α-hetero) is 1. The van der Waals surface area contributed by atoms with Gasteiger partial charge in [0.25, 0.3) is 0 Å². The van der Waals surface area contributed by atoms with Gasteiger partial charge in [0.05, 0.1) is 18.9 Å². The quantitative estimate of drug-likeness (QED) is 0.588. The molecule has 0 spiro atoms. The summed E-state index contributed by atoms with van der Waals surface area (Å²) < 4.78 is 19.6. The van der Waals surface area contributed by atoms with E-state index in [4.69, 9.17) is 4.74 Å². The van der Waals surface area contributed by atoms with Crippen LogP contribution >= 0.6 is 0 Å². The molecule has 0 saturated carbocycles. The number of urea groups is 1. The summed E-state index contributed by atoms with van der Waals surface area (Å²) in [6.45, 7) is 8.75. The number of hydrogen-bond acceptors (Lipinski definition) is 5. The van der Waals surface area contributed by atoms with E-state index >= 15 is 0 Å². The average molecular weight is 392 g/mol. The highest BCUT2D eigenvalue weighted by molar-refractivity contribution is 5.94. The van der Waals surface area contributed by atoms with Crippen molar-refractivity contribution in [3.63, 3.8) is 0 Å². The van der Waals surface area contributed by atoms with E-state index in [1.54, 1.807) is 17.0 Å². The van der Waals surface area contributed by atoms with Gasteiger partial charge in [-0.2, -0.15) is 0 Å². The number of piperazine rings is 1. The molecule has 8 heteroatoms. The zero-order chi connectivity index (χ0) is 19.9. The number of ether oxygens (including phenoxy) is 1. The molecule has 2 fully saturated rings. The van der Waals surface area contributed by atoms with Crippen molar-refractivity contribution >= 4 is 17.5 Å². The second-order valence-corrected chi connectivity index (χ2v) is 7.24. The Bertz CT molecular complexity index is 686. The second-order valence-electron chi connectivity index (χ2n) is 7.24. The maximum atomic E-state index is 14.3. The minimum absolute atomic E-state index is 0.0611. The van der Waals surface area contributed by atoms with Crippen molar-refractivity contribution in [2.75, 3.05) is 70.5 Å². The van der Waals surface area contributed by atoms with E-state index < -0.39 is 5.82 Å². The highest BCUT2D eigenvalue weighted by Gasteiger charge is 2.23. The zero-order valence-corrected chi connectivity index (χ0v) is 16.5. The van der Waals surface area contributed by atoms with E-state index in [9.17, 15) is 14.0 Å². The summed E-state index contributed by atoms with van der Waals surface area (Å²) in [7, 11) is 0. The third kappa shape index (κ3) is 5.42. The normalized spacial score (nSPS) is 18.2. The number of carbonyl (C=O) groups excluding carboxylic acids is 2. The Morgan fingerprint density at radius 1 is 1.11 bits per heavy atom. The molecule has 1 N–H and O–H groups in total. The molecule has 2 aliphatic heterocycles. The van der Waals surface area contributed by atoms with Crippen LogP contribution in [0.5, 0.6) is 0 Å². The summed E-state index contributed by atoms with van der Waals surface area (Å²) >= 11 is 0. The number of anilines is 1. The molecule has 3 rings (SSSR count). The van der Waals surface area contributed by atoms with Crippen LogP contribution in [0.4, 0.5) is 14.9 Å². The van der Waals surface area contributed by atoms with Gasteiger partial charge in [0.2, 0.25) is 0 Å². The number of halogens is 1. The first kappa shape index (κ1) is 20.5. The summed E-state index contributed by atoms with van der Waals surface area (Å²) in [5.74, 6) is -0.547. The molecule has 1 aromatic rings. The third-order valence-electron chi connectivity index (χ3n) is 5.29. The molecule has 2 saturated heterocycles. The van der Waals surface area contributed by atoms with Crippen molar-refractivity contribution < 1.29 is 18.7 Å². The number of carbonyl (C=O) groups is 2. The number of ketones is 1. The number of morpholine rings is 1. The molecular weight excluding hydrogens is 363 g/mol. The maximum Gasteiger partial charge on any atom is 0.317 e. The number of rotatable bonds is 6. The Morgan fingerprint density at radius 3 is 2.46 bits per heavy atom. The van der Waals surface area contributed by atoms with Crippen LogP contribution < -0.4 is 10.2 Å². The molecule has 0 aliphatic carbocycles. The maximum absolute atomic E-state index is 14.3. The lowest BCUT2D eigenvalue weighted by molar-refractivity contribution is 0.0375. The van der Waals surface area contributed by atoms with E-state index in [1.165, 1.54) is 13.0 Å². The lowest BCUT2D eigenvalue weighted by Gasteiger charge is -2.36. The van der Waals surface area contributed by atoms with Crippen molar-refractivity contribution in [3.8, 4) is 0 Å². The molecule has 2 aliphatic rings. The standard InChI is InChI=1S/C20H29FN4O3/c1-16(26)17-3-4-19(18(21)15-17)24-7-9-25(10-8-24)20(27)22-5-2-6-23-11-13-28-14-12-23/h3-4,15H,2,5-14H2,1H3,(H,22,27). The van der Waals surface area contributed by atoms with Crippen molar-refractivity contribution in [1.29, 1.82) is 0 Å². The van der Waals surface area contributed by atoms with E-state index in [0.29, 0.717) is 44.0 Å². The van der Waals surface area contributed by atoms with Gasteiger partial charge in [0.15, 0.2) is 5.78 Å². The number of hydrogen-bond donors (Lipinski definition) is 1. The van der Waals surface area contributed by atoms with Crippen LogP contribution in [0.1, 0.15) is 23.7 Å². The lowest BCUT2D eigenvalue weighted by atomic mass is 10.1. The summed E-state index contributed by atoms with van der Waals surface area (Å²) in [6.07, 6.45) is 0.916. The van der Waals surface area contributed by atoms with Crippen LogP contribution in [-0.2, 0) is 4.74 Å². The van der Waals surface area contributed by atoms with Crippen LogP contribution in [0.2, 0.25) is 0 Å². The number of nitrogens with zero attached hydrogens (tertiary/aromatic N) is 3. The monoisotopic (exact) mass is 392 g/mol. The van der Waals surface area contributed by atoms with Gasteiger partial charge in [-0.15, -0.1) is 0 Å². The van der Waals surface area contributed by atoms with Gasteiger partial charge in [-0.25, -0.2) is 9.18 Å². The smallest absolute Gasteiger partial charge is 0.317 e. The van der Waals surface area contributed by atoms with Gasteiger partial charge < -0.3 is 19.9 Å². The van der Waals surface area contributed by atoms with Crippen LogP contribution in [0.15, 0.2) is 18.2 Å². The lowest BCUT2D eigenvalue weighted by Crippen LogP contribution is -2.52. The third-order valence-corrected chi connectivity index (χ3v) is 5.29. The number of nitrogens with one attached hydrogen (secondary N) is 1. The van der Waals surface area contributed by atoms with Crippen LogP contribution in [0.3, 0.4) is 0 Å². The van der Waals surface area contributed by atoms with Gasteiger partial charge in [0.1, 0.15) is 5.82 Å². The molecule has 28 heavy (non-hydrogen) atoms. The Balaban J connectivity index is 1.39. The second kappa shape index (κ2) is 9.84. The molecule has 0 unspecified atom stereocenters. The predicted molar refractivity (Wildman–Crippen MR) is 105 cm³/mol. The fourth-order valence-corrected chi connectivity index (χ4v) is 3.57. The Labute approximate surface area is 165 Å². The van der Waals surface area contributed by atoms with Gasteiger partial charge in [-0.05, 0) is 38.1 Å². The van der Waals surface area contributed by atoms with Crippen LogP contribution in [0.25, 0.3) is 0 Å². The summed E-state index contributed by atoms with van der Waals surface area (Å²) in [4.78, 5) is 29.7.